The molecular formula is C10H13NO4S2. The Hall–Kier alpha value is -0.660. The monoisotopic (exact) mass is 275 g/mol. The van der Waals surface area contributed by atoms with Gasteiger partial charge in [-0.1, -0.05) is 18.7 Å². The van der Waals surface area contributed by atoms with Gasteiger partial charge in [0.25, 0.3) is 0 Å². The number of β-lactam (4-membered cyclic amide) rings is 1. The maximum absolute atomic E-state index is 11.8. The van der Waals surface area contributed by atoms with Crippen LogP contribution in [0.4, 0.5) is 0 Å². The Morgan fingerprint density at radius 1 is 1.65 bits per heavy atom. The largest absolute Gasteiger partial charge is 0.477 e. The number of carboxylic acid groups (broad SMARTS) is 1. The number of aliphatic carboxylic acids is 1. The van der Waals surface area contributed by atoms with Crippen molar-refractivity contribution < 1.29 is 19.8 Å². The first-order chi connectivity index (χ1) is 7.99. The molecule has 1 amide bonds. The van der Waals surface area contributed by atoms with Crippen molar-refractivity contribution >= 4 is 35.4 Å². The third kappa shape index (κ3) is 1.86. The Labute approximate surface area is 107 Å². The quantitative estimate of drug-likeness (QED) is 0.742. The summed E-state index contributed by atoms with van der Waals surface area (Å²) in [5.74, 6) is -1.09. The number of carboxylic acids is 1. The molecule has 2 N–H and O–H groups in total. The first-order valence-electron chi connectivity index (χ1n) is 5.27. The minimum atomic E-state index is -1.08. The second-order valence-electron chi connectivity index (χ2n) is 3.86. The lowest BCUT2D eigenvalue weighted by Gasteiger charge is -2.43. The van der Waals surface area contributed by atoms with E-state index in [4.69, 9.17) is 5.11 Å². The maximum atomic E-state index is 11.8. The summed E-state index contributed by atoms with van der Waals surface area (Å²) in [6.07, 6.45) is -0.739. The van der Waals surface area contributed by atoms with Crippen LogP contribution in [0.1, 0.15) is 13.8 Å². The Kier molecular flexibility index (Phi) is 3.42. The summed E-state index contributed by atoms with van der Waals surface area (Å²) in [6.45, 7) is 3.49. The third-order valence-electron chi connectivity index (χ3n) is 2.74. The standard InChI is InChI=1S/C10H13NO4S2/c1-3-16-10-6(9(14)15)11-7(13)5(4(2)12)8(11)17-10/h4-5,8,12H,3H2,1-2H3,(H,14,15)/t4?,5-,8+/m0/s1. The molecule has 0 aliphatic carbocycles. The Morgan fingerprint density at radius 3 is 2.76 bits per heavy atom. The van der Waals surface area contributed by atoms with E-state index in [1.165, 1.54) is 28.4 Å². The van der Waals surface area contributed by atoms with E-state index in [1.54, 1.807) is 6.92 Å². The van der Waals surface area contributed by atoms with Gasteiger partial charge in [-0.3, -0.25) is 9.69 Å². The number of carbonyl (C=O) groups excluding carboxylic acids is 1. The van der Waals surface area contributed by atoms with Gasteiger partial charge in [0.05, 0.1) is 16.3 Å². The van der Waals surface area contributed by atoms with E-state index >= 15 is 0 Å². The molecule has 17 heavy (non-hydrogen) atoms. The zero-order chi connectivity index (χ0) is 12.7. The summed E-state index contributed by atoms with van der Waals surface area (Å²) in [5.41, 5.74) is 0.0775. The molecule has 0 spiro atoms. The Morgan fingerprint density at radius 2 is 2.29 bits per heavy atom. The third-order valence-corrected chi connectivity index (χ3v) is 5.28. The molecule has 7 heteroatoms. The molecule has 0 bridgehead atoms. The van der Waals surface area contributed by atoms with Gasteiger partial charge in [-0.15, -0.1) is 11.8 Å². The molecule has 2 aliphatic heterocycles. The van der Waals surface area contributed by atoms with Crippen molar-refractivity contribution in [3.63, 3.8) is 0 Å². The fraction of sp³-hybridized carbons (Fsp3) is 0.600. The molecule has 0 aromatic rings. The van der Waals surface area contributed by atoms with Crippen molar-refractivity contribution in [1.29, 1.82) is 0 Å². The highest BCUT2D eigenvalue weighted by Crippen LogP contribution is 2.53. The van der Waals surface area contributed by atoms with Crippen LogP contribution in [0.5, 0.6) is 0 Å². The highest BCUT2D eigenvalue weighted by atomic mass is 32.2. The number of nitrogens with zero attached hydrogens (tertiary/aromatic N) is 1. The summed E-state index contributed by atoms with van der Waals surface area (Å²) >= 11 is 2.79. The van der Waals surface area contributed by atoms with Crippen LogP contribution in [-0.2, 0) is 9.59 Å². The van der Waals surface area contributed by atoms with E-state index in [9.17, 15) is 14.7 Å². The van der Waals surface area contributed by atoms with Gasteiger partial charge in [0.15, 0.2) is 5.70 Å². The maximum Gasteiger partial charge on any atom is 0.354 e. The number of carbonyl (C=O) groups is 2. The van der Waals surface area contributed by atoms with Gasteiger partial charge >= 0.3 is 5.97 Å². The summed E-state index contributed by atoms with van der Waals surface area (Å²) in [5, 5.41) is 18.4. The van der Waals surface area contributed by atoms with Crippen LogP contribution in [0.15, 0.2) is 9.93 Å². The number of thioether (sulfide) groups is 2. The zero-order valence-corrected chi connectivity index (χ0v) is 11.0. The van der Waals surface area contributed by atoms with Crippen molar-refractivity contribution in [2.24, 2.45) is 5.92 Å². The summed E-state index contributed by atoms with van der Waals surface area (Å²) in [6, 6.07) is 0. The topological polar surface area (TPSA) is 77.8 Å². The first kappa shape index (κ1) is 12.8. The predicted molar refractivity (Wildman–Crippen MR) is 66.2 cm³/mol. The molecule has 1 unspecified atom stereocenters. The number of fused-ring (bicyclic) bond motifs is 1. The zero-order valence-electron chi connectivity index (χ0n) is 9.41. The second kappa shape index (κ2) is 4.55. The van der Waals surface area contributed by atoms with Gasteiger partial charge in [-0.2, -0.15) is 0 Å². The molecule has 0 aromatic heterocycles. The Bertz CT molecular complexity index is 407. The van der Waals surface area contributed by atoms with Crippen LogP contribution in [0, 0.1) is 5.92 Å². The minimum absolute atomic E-state index is 0.0775. The lowest BCUT2D eigenvalue weighted by atomic mass is 9.92. The van der Waals surface area contributed by atoms with Crippen molar-refractivity contribution in [2.45, 2.75) is 25.3 Å². The molecule has 2 heterocycles. The molecular weight excluding hydrogens is 262 g/mol. The predicted octanol–water partition coefficient (Wildman–Crippen LogP) is 0.905. The van der Waals surface area contributed by atoms with Crippen molar-refractivity contribution in [1.82, 2.24) is 4.90 Å². The van der Waals surface area contributed by atoms with Crippen molar-refractivity contribution in [2.75, 3.05) is 5.75 Å². The van der Waals surface area contributed by atoms with E-state index in [0.29, 0.717) is 4.24 Å². The first-order valence-corrected chi connectivity index (χ1v) is 7.13. The molecule has 94 valence electrons. The second-order valence-corrected chi connectivity index (χ2v) is 6.52. The molecule has 0 radical (unpaired) electrons. The van der Waals surface area contributed by atoms with Crippen LogP contribution in [0.25, 0.3) is 0 Å². The SMILES string of the molecule is CCSC1=C(C(=O)O)N2C(=O)[C@H](C(C)O)[C@H]2S1. The van der Waals surface area contributed by atoms with Crippen LogP contribution in [0.2, 0.25) is 0 Å². The van der Waals surface area contributed by atoms with Gasteiger partial charge in [0.2, 0.25) is 5.91 Å². The summed E-state index contributed by atoms with van der Waals surface area (Å²) in [4.78, 5) is 24.2. The van der Waals surface area contributed by atoms with Gasteiger partial charge in [-0.05, 0) is 12.7 Å². The van der Waals surface area contributed by atoms with E-state index in [0.717, 1.165) is 5.75 Å². The van der Waals surface area contributed by atoms with Gasteiger partial charge in [0.1, 0.15) is 5.37 Å². The van der Waals surface area contributed by atoms with Gasteiger partial charge in [0, 0.05) is 0 Å². The van der Waals surface area contributed by atoms with Crippen LogP contribution in [-0.4, -0.2) is 44.2 Å². The minimum Gasteiger partial charge on any atom is -0.477 e. The highest BCUT2D eigenvalue weighted by molar-refractivity contribution is 8.22. The van der Waals surface area contributed by atoms with Crippen LogP contribution in [0.3, 0.4) is 0 Å². The lowest BCUT2D eigenvalue weighted by molar-refractivity contribution is -0.156. The molecule has 0 saturated carbocycles. The van der Waals surface area contributed by atoms with E-state index in [1.807, 2.05) is 6.92 Å². The summed E-state index contributed by atoms with van der Waals surface area (Å²) in [7, 11) is 0. The molecule has 1 saturated heterocycles. The van der Waals surface area contributed by atoms with E-state index < -0.39 is 18.0 Å². The number of rotatable bonds is 4. The average Bonchev–Trinajstić information content (AvgIpc) is 2.53. The Balaban J connectivity index is 2.26. The molecule has 2 aliphatic rings. The van der Waals surface area contributed by atoms with Crippen molar-refractivity contribution in [3.8, 4) is 0 Å². The van der Waals surface area contributed by atoms with Crippen LogP contribution < -0.4 is 0 Å². The van der Waals surface area contributed by atoms with Crippen LogP contribution >= 0.6 is 23.5 Å². The molecule has 3 atom stereocenters. The van der Waals surface area contributed by atoms with Gasteiger partial charge < -0.3 is 10.2 Å². The number of hydrogen-bond acceptors (Lipinski definition) is 5. The highest BCUT2D eigenvalue weighted by Gasteiger charge is 2.57. The fourth-order valence-corrected chi connectivity index (χ4v) is 4.81. The fourth-order valence-electron chi connectivity index (χ4n) is 1.98. The number of hydrogen-bond donors (Lipinski definition) is 2. The van der Waals surface area contributed by atoms with Crippen molar-refractivity contribution in [3.05, 3.63) is 9.93 Å². The van der Waals surface area contributed by atoms with Gasteiger partial charge in [-0.25, -0.2) is 4.79 Å². The van der Waals surface area contributed by atoms with E-state index in [2.05, 4.69) is 0 Å². The number of aliphatic hydroxyl groups is 1. The molecule has 0 aromatic carbocycles. The summed E-state index contributed by atoms with van der Waals surface area (Å²) < 4.78 is 0.668. The number of aliphatic hydroxyl groups excluding tert-OH is 1. The average molecular weight is 275 g/mol. The smallest absolute Gasteiger partial charge is 0.354 e. The molecule has 2 rings (SSSR count). The molecule has 5 nitrogen and oxygen atoms in total. The lowest BCUT2D eigenvalue weighted by Crippen LogP contribution is -2.60. The van der Waals surface area contributed by atoms with E-state index in [-0.39, 0.29) is 17.0 Å². The normalized spacial score (nSPS) is 29.1. The number of amides is 1. The molecule has 1 fully saturated rings.